The molecule has 0 unspecified atom stereocenters. The van der Waals surface area contributed by atoms with Gasteiger partial charge in [-0.15, -0.1) is 0 Å². The lowest BCUT2D eigenvalue weighted by Gasteiger charge is -2.23. The smallest absolute Gasteiger partial charge is 0.336 e. The number of benzene rings is 1. The van der Waals surface area contributed by atoms with Crippen LogP contribution in [-0.4, -0.2) is 32.1 Å². The Hall–Kier alpha value is -3.06. The first-order valence-corrected chi connectivity index (χ1v) is 9.92. The zero-order valence-corrected chi connectivity index (χ0v) is 16.4. The fourth-order valence-electron chi connectivity index (χ4n) is 3.92. The maximum absolute atomic E-state index is 12.3. The van der Waals surface area contributed by atoms with E-state index in [4.69, 9.17) is 13.6 Å². The molecule has 1 amide bonds. The van der Waals surface area contributed by atoms with Gasteiger partial charge in [0.05, 0.1) is 25.9 Å². The minimum Gasteiger partial charge on any atom is -0.484 e. The topological polar surface area (TPSA) is 86.1 Å². The molecule has 7 heteroatoms. The van der Waals surface area contributed by atoms with E-state index in [-0.39, 0.29) is 18.6 Å². The van der Waals surface area contributed by atoms with Crippen molar-refractivity contribution in [3.63, 3.8) is 0 Å². The number of nitrogens with one attached hydrogen (secondary N) is 2. The van der Waals surface area contributed by atoms with E-state index in [2.05, 4.69) is 5.32 Å². The molecule has 2 aromatic heterocycles. The van der Waals surface area contributed by atoms with Crippen molar-refractivity contribution >= 4 is 16.9 Å². The van der Waals surface area contributed by atoms with E-state index in [1.807, 2.05) is 25.1 Å². The van der Waals surface area contributed by atoms with Crippen molar-refractivity contribution in [3.05, 3.63) is 64.4 Å². The molecule has 1 aliphatic heterocycles. The van der Waals surface area contributed by atoms with Gasteiger partial charge in [-0.2, -0.15) is 0 Å². The summed E-state index contributed by atoms with van der Waals surface area (Å²) in [6, 6.07) is 10.6. The molecule has 0 bridgehead atoms. The molecular formula is C22H25N2O5+. The number of amides is 1. The predicted molar refractivity (Wildman–Crippen MR) is 107 cm³/mol. The predicted octanol–water partition coefficient (Wildman–Crippen LogP) is 1.61. The molecule has 1 saturated heterocycles. The van der Waals surface area contributed by atoms with Gasteiger partial charge in [0.25, 0.3) is 5.91 Å². The van der Waals surface area contributed by atoms with E-state index in [1.165, 1.54) is 23.8 Å². The molecule has 1 aromatic carbocycles. The molecule has 0 saturated carbocycles. The molecule has 152 valence electrons. The van der Waals surface area contributed by atoms with Crippen LogP contribution in [0.15, 0.2) is 56.3 Å². The summed E-state index contributed by atoms with van der Waals surface area (Å²) in [5.74, 6) is 1.17. The fourth-order valence-corrected chi connectivity index (χ4v) is 3.92. The zero-order chi connectivity index (χ0) is 20.2. The third kappa shape index (κ3) is 4.51. The number of aryl methyl sites for hydroxylation is 1. The molecule has 3 aromatic rings. The van der Waals surface area contributed by atoms with Gasteiger partial charge in [-0.05, 0) is 36.8 Å². The highest BCUT2D eigenvalue weighted by molar-refractivity contribution is 5.81. The lowest BCUT2D eigenvalue weighted by molar-refractivity contribution is -0.919. The average molecular weight is 397 g/mol. The molecule has 0 aliphatic carbocycles. The number of hydrogen-bond donors (Lipinski definition) is 2. The summed E-state index contributed by atoms with van der Waals surface area (Å²) >= 11 is 0. The molecule has 2 N–H and O–H groups in total. The van der Waals surface area contributed by atoms with Gasteiger partial charge in [-0.1, -0.05) is 0 Å². The molecule has 0 spiro atoms. The second-order valence-corrected chi connectivity index (χ2v) is 7.43. The van der Waals surface area contributed by atoms with Crippen molar-refractivity contribution in [1.82, 2.24) is 5.32 Å². The van der Waals surface area contributed by atoms with Gasteiger partial charge in [0, 0.05) is 30.4 Å². The van der Waals surface area contributed by atoms with Crippen LogP contribution in [0.1, 0.15) is 30.2 Å². The quantitative estimate of drug-likeness (QED) is 0.592. The van der Waals surface area contributed by atoms with Gasteiger partial charge in [0.15, 0.2) is 18.4 Å². The Balaban J connectivity index is 1.36. The van der Waals surface area contributed by atoms with Gasteiger partial charge >= 0.3 is 5.63 Å². The van der Waals surface area contributed by atoms with Crippen molar-refractivity contribution < 1.29 is 23.3 Å². The number of likely N-dealkylation sites (tertiary alicyclic amines) is 1. The molecular weight excluding hydrogens is 372 g/mol. The first kappa shape index (κ1) is 19.3. The van der Waals surface area contributed by atoms with E-state index in [1.54, 1.807) is 18.4 Å². The number of carbonyl (C=O) groups is 1. The van der Waals surface area contributed by atoms with Crippen LogP contribution in [-0.2, 0) is 4.79 Å². The Labute approximate surface area is 168 Å². The average Bonchev–Trinajstić information content (AvgIpc) is 3.41. The van der Waals surface area contributed by atoms with E-state index in [9.17, 15) is 9.59 Å². The van der Waals surface area contributed by atoms with Crippen LogP contribution in [0.5, 0.6) is 5.75 Å². The number of quaternary nitrogens is 1. The monoisotopic (exact) mass is 397 g/mol. The van der Waals surface area contributed by atoms with Crippen LogP contribution in [0.4, 0.5) is 0 Å². The lowest BCUT2D eigenvalue weighted by atomic mass is 10.1. The maximum Gasteiger partial charge on any atom is 0.336 e. The van der Waals surface area contributed by atoms with Crippen LogP contribution >= 0.6 is 0 Å². The fraction of sp³-hybridized carbons (Fsp3) is 0.364. The molecule has 0 radical (unpaired) electrons. The largest absolute Gasteiger partial charge is 0.484 e. The SMILES string of the molecule is Cc1cc(=O)oc2cc(OCC(=O)NC[C@H](c3ccco3)[NH+]3CCCC3)ccc12. The number of furan rings is 1. The maximum atomic E-state index is 12.3. The Bertz CT molecular complexity index is 1040. The minimum absolute atomic E-state index is 0.106. The second-order valence-electron chi connectivity index (χ2n) is 7.43. The number of ether oxygens (including phenoxy) is 1. The highest BCUT2D eigenvalue weighted by Crippen LogP contribution is 2.22. The first-order chi connectivity index (χ1) is 14.1. The van der Waals surface area contributed by atoms with Gasteiger partial charge < -0.3 is 23.8 Å². The molecule has 1 atom stereocenters. The molecule has 1 fully saturated rings. The third-order valence-corrected chi connectivity index (χ3v) is 5.42. The molecule has 3 heterocycles. The number of hydrogen-bond acceptors (Lipinski definition) is 5. The van der Waals surface area contributed by atoms with Crippen molar-refractivity contribution in [2.24, 2.45) is 0 Å². The van der Waals surface area contributed by atoms with Crippen LogP contribution in [0, 0.1) is 6.92 Å². The number of rotatable bonds is 7. The van der Waals surface area contributed by atoms with E-state index in [0.717, 1.165) is 29.8 Å². The summed E-state index contributed by atoms with van der Waals surface area (Å²) in [7, 11) is 0. The summed E-state index contributed by atoms with van der Waals surface area (Å²) < 4.78 is 16.4. The summed E-state index contributed by atoms with van der Waals surface area (Å²) in [5.41, 5.74) is 0.885. The Morgan fingerprint density at radius 3 is 2.83 bits per heavy atom. The van der Waals surface area contributed by atoms with Crippen molar-refractivity contribution in [2.75, 3.05) is 26.2 Å². The second kappa shape index (κ2) is 8.53. The lowest BCUT2D eigenvalue weighted by Crippen LogP contribution is -3.11. The van der Waals surface area contributed by atoms with Gasteiger partial charge in [0.1, 0.15) is 11.3 Å². The van der Waals surface area contributed by atoms with E-state index < -0.39 is 5.63 Å². The first-order valence-electron chi connectivity index (χ1n) is 9.92. The van der Waals surface area contributed by atoms with Crippen LogP contribution in [0.25, 0.3) is 11.0 Å². The molecule has 29 heavy (non-hydrogen) atoms. The molecule has 4 rings (SSSR count). The van der Waals surface area contributed by atoms with Crippen molar-refractivity contribution in [2.45, 2.75) is 25.8 Å². The molecule has 1 aliphatic rings. The molecule has 7 nitrogen and oxygen atoms in total. The summed E-state index contributed by atoms with van der Waals surface area (Å²) in [6.07, 6.45) is 4.06. The van der Waals surface area contributed by atoms with E-state index >= 15 is 0 Å². The minimum atomic E-state index is -0.404. The van der Waals surface area contributed by atoms with Crippen molar-refractivity contribution in [3.8, 4) is 5.75 Å². The Morgan fingerprint density at radius 1 is 1.24 bits per heavy atom. The normalized spacial score (nSPS) is 15.5. The zero-order valence-electron chi connectivity index (χ0n) is 16.4. The van der Waals surface area contributed by atoms with Crippen molar-refractivity contribution in [1.29, 1.82) is 0 Å². The number of carbonyl (C=O) groups excluding carboxylic acids is 1. The Morgan fingerprint density at radius 2 is 2.07 bits per heavy atom. The standard InChI is InChI=1S/C22H24N2O5/c1-15-11-22(26)29-20-12-16(6-7-17(15)20)28-14-21(25)23-13-18(19-5-4-10-27-19)24-8-2-3-9-24/h4-7,10-12,18H,2-3,8-9,13-14H2,1H3,(H,23,25)/p+1/t18-/m1/s1. The van der Waals surface area contributed by atoms with E-state index in [0.29, 0.717) is 17.9 Å². The highest BCUT2D eigenvalue weighted by Gasteiger charge is 2.29. The summed E-state index contributed by atoms with van der Waals surface area (Å²) in [4.78, 5) is 25.3. The van der Waals surface area contributed by atoms with Gasteiger partial charge in [-0.3, -0.25) is 4.79 Å². The van der Waals surface area contributed by atoms with Crippen LogP contribution in [0.3, 0.4) is 0 Å². The van der Waals surface area contributed by atoms with Crippen LogP contribution < -0.4 is 20.6 Å². The summed E-state index contributed by atoms with van der Waals surface area (Å²) in [5, 5.41) is 3.80. The number of fused-ring (bicyclic) bond motifs is 1. The third-order valence-electron chi connectivity index (χ3n) is 5.42. The summed E-state index contributed by atoms with van der Waals surface area (Å²) in [6.45, 7) is 4.41. The Kier molecular flexibility index (Phi) is 5.67. The van der Waals surface area contributed by atoms with Gasteiger partial charge in [0.2, 0.25) is 0 Å². The van der Waals surface area contributed by atoms with Gasteiger partial charge in [-0.25, -0.2) is 4.79 Å². The highest BCUT2D eigenvalue weighted by atomic mass is 16.5. The van der Waals surface area contributed by atoms with Crippen LogP contribution in [0.2, 0.25) is 0 Å².